The van der Waals surface area contributed by atoms with Gasteiger partial charge in [-0.25, -0.2) is 0 Å². The molecule has 0 saturated heterocycles. The molecule has 0 bridgehead atoms. The third kappa shape index (κ3) is 6.15. The molecular formula is C21H30N4O. The van der Waals surface area contributed by atoms with Crippen LogP contribution in [0.25, 0.3) is 0 Å². The van der Waals surface area contributed by atoms with Gasteiger partial charge < -0.3 is 15.1 Å². The minimum Gasteiger partial charge on any atom is -0.365 e. The van der Waals surface area contributed by atoms with Crippen molar-refractivity contribution in [2.75, 3.05) is 32.1 Å². The summed E-state index contributed by atoms with van der Waals surface area (Å²) in [5.74, 6) is -0.117. The monoisotopic (exact) mass is 354 g/mol. The van der Waals surface area contributed by atoms with Crippen molar-refractivity contribution in [2.24, 2.45) is 0 Å². The fourth-order valence-electron chi connectivity index (χ4n) is 2.76. The van der Waals surface area contributed by atoms with Gasteiger partial charge in [-0.15, -0.1) is 0 Å². The Bertz CT molecular complexity index is 685. The summed E-state index contributed by atoms with van der Waals surface area (Å²) in [6.45, 7) is 6.72. The summed E-state index contributed by atoms with van der Waals surface area (Å²) in [5.41, 5.74) is 2.72. The number of amides is 1. The summed E-state index contributed by atoms with van der Waals surface area (Å²) in [4.78, 5) is 21.0. The highest BCUT2D eigenvalue weighted by atomic mass is 16.1. The molecule has 0 radical (unpaired) electrons. The van der Waals surface area contributed by atoms with E-state index in [-0.39, 0.29) is 5.91 Å². The van der Waals surface area contributed by atoms with E-state index in [0.29, 0.717) is 18.3 Å². The first-order valence-corrected chi connectivity index (χ1v) is 9.17. The third-order valence-electron chi connectivity index (χ3n) is 4.19. The number of hydrogen-bond acceptors (Lipinski definition) is 4. The fourth-order valence-corrected chi connectivity index (χ4v) is 2.76. The highest BCUT2D eigenvalue weighted by Crippen LogP contribution is 2.20. The largest absolute Gasteiger partial charge is 0.365 e. The van der Waals surface area contributed by atoms with Gasteiger partial charge in [0.2, 0.25) is 0 Å². The molecule has 5 heteroatoms. The summed E-state index contributed by atoms with van der Waals surface area (Å²) in [6, 6.07) is 14.5. The van der Waals surface area contributed by atoms with E-state index in [1.165, 1.54) is 5.56 Å². The maximum absolute atomic E-state index is 12.4. The lowest BCUT2D eigenvalue weighted by atomic mass is 10.1. The predicted molar refractivity (Wildman–Crippen MR) is 108 cm³/mol. The number of rotatable bonds is 9. The normalized spacial score (nSPS) is 11.0. The quantitative estimate of drug-likeness (QED) is 0.703. The second-order valence-corrected chi connectivity index (χ2v) is 7.02. The van der Waals surface area contributed by atoms with Crippen LogP contribution in [0.4, 0.5) is 5.69 Å². The highest BCUT2D eigenvalue weighted by molar-refractivity contribution is 5.93. The van der Waals surface area contributed by atoms with Crippen molar-refractivity contribution < 1.29 is 4.79 Å². The van der Waals surface area contributed by atoms with E-state index in [0.717, 1.165) is 25.2 Å². The molecule has 2 rings (SSSR count). The second kappa shape index (κ2) is 9.92. The van der Waals surface area contributed by atoms with Crippen LogP contribution < -0.4 is 10.2 Å². The van der Waals surface area contributed by atoms with E-state index in [9.17, 15) is 4.79 Å². The number of benzene rings is 1. The fraction of sp³-hybridized carbons (Fsp3) is 0.429. The third-order valence-corrected chi connectivity index (χ3v) is 4.19. The first-order chi connectivity index (χ1) is 12.5. The van der Waals surface area contributed by atoms with Crippen LogP contribution in [0.5, 0.6) is 0 Å². The molecule has 0 aliphatic heterocycles. The Morgan fingerprint density at radius 1 is 1.15 bits per heavy atom. The molecule has 1 amide bonds. The molecule has 0 unspecified atom stereocenters. The van der Waals surface area contributed by atoms with Crippen molar-refractivity contribution in [3.05, 3.63) is 59.9 Å². The number of hydrogen-bond donors (Lipinski definition) is 1. The van der Waals surface area contributed by atoms with Crippen LogP contribution in [0, 0.1) is 0 Å². The van der Waals surface area contributed by atoms with Crippen molar-refractivity contribution in [3.8, 4) is 0 Å². The zero-order chi connectivity index (χ0) is 18.9. The van der Waals surface area contributed by atoms with Crippen LogP contribution in [-0.2, 0) is 6.54 Å². The lowest BCUT2D eigenvalue weighted by Gasteiger charge is -2.29. The molecule has 26 heavy (non-hydrogen) atoms. The standard InChI is InChI=1S/C21H30N4O/c1-17(2)25(16-18-9-6-5-7-10-18)19-11-13-22-20(15-19)21(26)23-12-8-14-24(3)4/h5-7,9-11,13,15,17H,8,12,14,16H2,1-4H3,(H,23,26). The lowest BCUT2D eigenvalue weighted by Crippen LogP contribution is -2.31. The number of carbonyl (C=O) groups excluding carboxylic acids is 1. The molecule has 0 fully saturated rings. The average Bonchev–Trinajstić information content (AvgIpc) is 2.63. The Morgan fingerprint density at radius 2 is 1.88 bits per heavy atom. The van der Waals surface area contributed by atoms with Crippen LogP contribution in [-0.4, -0.2) is 49.0 Å². The van der Waals surface area contributed by atoms with E-state index < -0.39 is 0 Å². The van der Waals surface area contributed by atoms with Gasteiger partial charge in [0.05, 0.1) is 0 Å². The number of carbonyl (C=O) groups is 1. The maximum atomic E-state index is 12.4. The minimum atomic E-state index is -0.117. The Hall–Kier alpha value is -2.40. The number of nitrogens with zero attached hydrogens (tertiary/aromatic N) is 3. The summed E-state index contributed by atoms with van der Waals surface area (Å²) in [7, 11) is 4.06. The summed E-state index contributed by atoms with van der Waals surface area (Å²) < 4.78 is 0. The van der Waals surface area contributed by atoms with Gasteiger partial charge in [0.25, 0.3) is 5.91 Å². The zero-order valence-electron chi connectivity index (χ0n) is 16.3. The molecule has 140 valence electrons. The van der Waals surface area contributed by atoms with E-state index in [4.69, 9.17) is 0 Å². The van der Waals surface area contributed by atoms with E-state index in [1.807, 2.05) is 44.4 Å². The molecule has 1 N–H and O–H groups in total. The van der Waals surface area contributed by atoms with E-state index in [1.54, 1.807) is 6.20 Å². The molecule has 2 aromatic rings. The molecule has 0 spiro atoms. The van der Waals surface area contributed by atoms with Gasteiger partial charge in [0.1, 0.15) is 5.69 Å². The van der Waals surface area contributed by atoms with E-state index >= 15 is 0 Å². The molecule has 1 aromatic heterocycles. The van der Waals surface area contributed by atoms with Gasteiger partial charge in [-0.1, -0.05) is 30.3 Å². The molecular weight excluding hydrogens is 324 g/mol. The molecule has 0 aliphatic carbocycles. The molecule has 0 aliphatic rings. The van der Waals surface area contributed by atoms with Crippen LogP contribution in [0.1, 0.15) is 36.3 Å². The number of pyridine rings is 1. The van der Waals surface area contributed by atoms with Gasteiger partial charge in [0.15, 0.2) is 0 Å². The maximum Gasteiger partial charge on any atom is 0.269 e. The molecule has 5 nitrogen and oxygen atoms in total. The van der Waals surface area contributed by atoms with Crippen LogP contribution >= 0.6 is 0 Å². The van der Waals surface area contributed by atoms with Gasteiger partial charge in [-0.2, -0.15) is 0 Å². The topological polar surface area (TPSA) is 48.5 Å². The first kappa shape index (κ1) is 19.9. The summed E-state index contributed by atoms with van der Waals surface area (Å²) in [6.07, 6.45) is 2.63. The predicted octanol–water partition coefficient (Wildman–Crippen LogP) is 3.18. The molecule has 0 saturated carbocycles. The number of nitrogens with one attached hydrogen (secondary N) is 1. The Morgan fingerprint density at radius 3 is 2.54 bits per heavy atom. The van der Waals surface area contributed by atoms with Crippen molar-refractivity contribution in [2.45, 2.75) is 32.9 Å². The van der Waals surface area contributed by atoms with Crippen LogP contribution in [0.15, 0.2) is 48.7 Å². The zero-order valence-corrected chi connectivity index (χ0v) is 16.3. The Labute approximate surface area is 157 Å². The van der Waals surface area contributed by atoms with Crippen molar-refractivity contribution >= 4 is 11.6 Å². The van der Waals surface area contributed by atoms with Crippen molar-refractivity contribution in [3.63, 3.8) is 0 Å². The summed E-state index contributed by atoms with van der Waals surface area (Å²) >= 11 is 0. The number of aromatic nitrogens is 1. The van der Waals surface area contributed by atoms with Crippen LogP contribution in [0.3, 0.4) is 0 Å². The van der Waals surface area contributed by atoms with Gasteiger partial charge in [-0.05, 0) is 58.6 Å². The Kier molecular flexibility index (Phi) is 7.60. The summed E-state index contributed by atoms with van der Waals surface area (Å²) in [5, 5.41) is 2.95. The van der Waals surface area contributed by atoms with E-state index in [2.05, 4.69) is 46.1 Å². The first-order valence-electron chi connectivity index (χ1n) is 9.17. The second-order valence-electron chi connectivity index (χ2n) is 7.02. The smallest absolute Gasteiger partial charge is 0.269 e. The molecule has 1 aromatic carbocycles. The number of anilines is 1. The minimum absolute atomic E-state index is 0.117. The van der Waals surface area contributed by atoms with Gasteiger partial charge in [-0.3, -0.25) is 9.78 Å². The van der Waals surface area contributed by atoms with Crippen molar-refractivity contribution in [1.82, 2.24) is 15.2 Å². The van der Waals surface area contributed by atoms with Gasteiger partial charge in [0, 0.05) is 31.0 Å². The highest BCUT2D eigenvalue weighted by Gasteiger charge is 2.14. The SMILES string of the molecule is CC(C)N(Cc1ccccc1)c1ccnc(C(=O)NCCCN(C)C)c1. The van der Waals surface area contributed by atoms with Crippen LogP contribution in [0.2, 0.25) is 0 Å². The molecule has 0 atom stereocenters. The lowest BCUT2D eigenvalue weighted by molar-refractivity contribution is 0.0947. The van der Waals surface area contributed by atoms with Gasteiger partial charge >= 0.3 is 0 Å². The average molecular weight is 354 g/mol. The van der Waals surface area contributed by atoms with Crippen molar-refractivity contribution in [1.29, 1.82) is 0 Å². The molecule has 1 heterocycles. The Balaban J connectivity index is 2.06.